The topological polar surface area (TPSA) is 210 Å². The molecular weight excluding hydrogens is 586 g/mol. The normalized spacial score (nSPS) is 12.7. The van der Waals surface area contributed by atoms with Crippen molar-refractivity contribution in [2.45, 2.75) is 18.2 Å². The Kier molecular flexibility index (Phi) is 6.26. The van der Waals surface area contributed by atoms with Crippen LogP contribution in [0.2, 0.25) is 0 Å². The van der Waals surface area contributed by atoms with Crippen LogP contribution in [0.5, 0.6) is 0 Å². The number of hydrogen-bond donors (Lipinski definition) is 6. The standard InChI is InChI=1S/C29H23N9O5S/c1-14-20-6-5-19(44(41,42)43)11-15(20)2-7-21(14)33-28-37-26(30-17-3-8-22-16(10-17)12-25(39)32-22)36-27(38-28)31-18-4-9-23-24(13-18)35-29(40)34-23/h2-11,13H,12H2,1H3,(H,32,39)(H2,34,35,40)(H,41,42,43)(H3,30,31,33,36,37,38)/p-1. The number of nitrogens with one attached hydrogen (secondary N) is 6. The van der Waals surface area contributed by atoms with Gasteiger partial charge in [0, 0.05) is 22.7 Å². The first-order chi connectivity index (χ1) is 21.1. The molecule has 7 rings (SSSR count). The second-order valence-corrected chi connectivity index (χ2v) is 11.6. The van der Waals surface area contributed by atoms with Crippen molar-refractivity contribution in [2.24, 2.45) is 0 Å². The van der Waals surface area contributed by atoms with Crippen LogP contribution in [0.4, 0.5) is 40.6 Å². The van der Waals surface area contributed by atoms with Gasteiger partial charge in [0.2, 0.25) is 23.8 Å². The van der Waals surface area contributed by atoms with E-state index in [0.29, 0.717) is 33.5 Å². The first-order valence-corrected chi connectivity index (χ1v) is 14.7. The molecule has 1 aliphatic rings. The Balaban J connectivity index is 1.25. The second kappa shape index (κ2) is 10.2. The van der Waals surface area contributed by atoms with Crippen LogP contribution in [0.25, 0.3) is 21.8 Å². The number of aryl methyl sites for hydroxylation is 1. The van der Waals surface area contributed by atoms with Crippen molar-refractivity contribution < 1.29 is 17.8 Å². The lowest BCUT2D eigenvalue weighted by Gasteiger charge is -2.15. The number of nitrogens with zero attached hydrogens (tertiary/aromatic N) is 3. The van der Waals surface area contributed by atoms with E-state index in [1.165, 1.54) is 12.1 Å². The molecule has 1 aliphatic heterocycles. The highest BCUT2D eigenvalue weighted by Crippen LogP contribution is 2.31. The summed E-state index contributed by atoms with van der Waals surface area (Å²) in [6.45, 7) is 1.85. The number of rotatable bonds is 7. The van der Waals surface area contributed by atoms with Crippen molar-refractivity contribution in [3.8, 4) is 0 Å². The van der Waals surface area contributed by atoms with Gasteiger partial charge < -0.3 is 35.8 Å². The zero-order chi connectivity index (χ0) is 30.6. The molecule has 15 heteroatoms. The lowest BCUT2D eigenvalue weighted by molar-refractivity contribution is -0.115. The van der Waals surface area contributed by atoms with Gasteiger partial charge in [-0.1, -0.05) is 12.1 Å². The highest BCUT2D eigenvalue weighted by molar-refractivity contribution is 7.85. The molecule has 0 spiro atoms. The third kappa shape index (κ3) is 5.28. The van der Waals surface area contributed by atoms with Crippen molar-refractivity contribution in [2.75, 3.05) is 21.3 Å². The summed E-state index contributed by atoms with van der Waals surface area (Å²) in [6, 6.07) is 18.4. The van der Waals surface area contributed by atoms with E-state index < -0.39 is 10.1 Å². The Morgan fingerprint density at radius 1 is 0.773 bits per heavy atom. The first kappa shape index (κ1) is 27.1. The van der Waals surface area contributed by atoms with Crippen molar-refractivity contribution in [3.05, 3.63) is 88.3 Å². The minimum absolute atomic E-state index is 0.0762. The summed E-state index contributed by atoms with van der Waals surface area (Å²) < 4.78 is 34.5. The molecular formula is C29H22N9O5S-. The molecule has 0 saturated heterocycles. The average Bonchev–Trinajstić information content (AvgIpc) is 3.53. The molecule has 0 aliphatic carbocycles. The van der Waals surface area contributed by atoms with Gasteiger partial charge >= 0.3 is 5.69 Å². The fourth-order valence-electron chi connectivity index (χ4n) is 5.09. The van der Waals surface area contributed by atoms with E-state index in [1.54, 1.807) is 48.5 Å². The van der Waals surface area contributed by atoms with E-state index in [4.69, 9.17) is 0 Å². The molecule has 6 N–H and O–H groups in total. The number of carbonyl (C=O) groups excluding carboxylic acids is 1. The molecule has 6 aromatic rings. The summed E-state index contributed by atoms with van der Waals surface area (Å²) in [7, 11) is -4.59. The van der Waals surface area contributed by atoms with Gasteiger partial charge in [-0.15, -0.1) is 0 Å². The molecule has 0 atom stereocenters. The molecule has 0 bridgehead atoms. The van der Waals surface area contributed by atoms with Crippen molar-refractivity contribution in [3.63, 3.8) is 0 Å². The van der Waals surface area contributed by atoms with E-state index in [-0.39, 0.29) is 40.8 Å². The number of amides is 1. The van der Waals surface area contributed by atoms with E-state index >= 15 is 0 Å². The predicted molar refractivity (Wildman–Crippen MR) is 164 cm³/mol. The maximum atomic E-state index is 11.8. The van der Waals surface area contributed by atoms with Gasteiger partial charge in [0.05, 0.1) is 22.3 Å². The van der Waals surface area contributed by atoms with E-state index in [1.807, 2.05) is 13.0 Å². The van der Waals surface area contributed by atoms with Gasteiger partial charge in [0.25, 0.3) is 0 Å². The number of imidazole rings is 1. The van der Waals surface area contributed by atoms with Gasteiger partial charge in [0.15, 0.2) is 0 Å². The first-order valence-electron chi connectivity index (χ1n) is 13.3. The molecule has 0 fully saturated rings. The number of anilines is 7. The molecule has 0 unspecified atom stereocenters. The highest BCUT2D eigenvalue weighted by Gasteiger charge is 2.18. The van der Waals surface area contributed by atoms with Crippen LogP contribution in [0.3, 0.4) is 0 Å². The summed E-state index contributed by atoms with van der Waals surface area (Å²) in [5.74, 6) is 0.527. The quantitative estimate of drug-likeness (QED) is 0.142. The smallest absolute Gasteiger partial charge is 0.323 e. The molecule has 4 aromatic carbocycles. The number of H-pyrrole nitrogens is 2. The molecule has 220 valence electrons. The molecule has 2 aromatic heterocycles. The molecule has 1 amide bonds. The monoisotopic (exact) mass is 608 g/mol. The van der Waals surface area contributed by atoms with Gasteiger partial charge in [-0.3, -0.25) is 4.79 Å². The van der Waals surface area contributed by atoms with Crippen LogP contribution in [0.15, 0.2) is 76.4 Å². The predicted octanol–water partition coefficient (Wildman–Crippen LogP) is 4.13. The number of benzene rings is 4. The molecule has 44 heavy (non-hydrogen) atoms. The highest BCUT2D eigenvalue weighted by atomic mass is 32.2. The SMILES string of the molecule is Cc1c(Nc2nc(Nc3ccc4c(c3)CC(=O)N4)nc(Nc3ccc4[nH]c(=O)[nH]c4c3)n2)ccc2cc(S(=O)(=O)[O-])ccc12. The summed E-state index contributed by atoms with van der Waals surface area (Å²) in [5.41, 5.74) is 5.24. The average molecular weight is 609 g/mol. The van der Waals surface area contributed by atoms with Crippen LogP contribution < -0.4 is 27.0 Å². The number of aromatic amines is 2. The second-order valence-electron chi connectivity index (χ2n) is 10.2. The van der Waals surface area contributed by atoms with Crippen LogP contribution in [0.1, 0.15) is 11.1 Å². The molecule has 0 radical (unpaired) electrons. The van der Waals surface area contributed by atoms with E-state index in [2.05, 4.69) is 46.2 Å². The van der Waals surface area contributed by atoms with Crippen LogP contribution in [-0.2, 0) is 21.3 Å². The number of hydrogen-bond acceptors (Lipinski definition) is 11. The Hall–Kier alpha value is -5.80. The number of aromatic nitrogens is 5. The Labute approximate surface area is 248 Å². The van der Waals surface area contributed by atoms with Gasteiger partial charge in [-0.2, -0.15) is 15.0 Å². The summed E-state index contributed by atoms with van der Waals surface area (Å²) in [6.07, 6.45) is 0.273. The number of fused-ring (bicyclic) bond motifs is 3. The van der Waals surface area contributed by atoms with Gasteiger partial charge in [0.1, 0.15) is 10.1 Å². The van der Waals surface area contributed by atoms with Crippen molar-refractivity contribution in [1.29, 1.82) is 0 Å². The van der Waals surface area contributed by atoms with E-state index in [0.717, 1.165) is 22.2 Å². The Bertz CT molecular complexity index is 2310. The lowest BCUT2D eigenvalue weighted by atomic mass is 10.0. The number of carbonyl (C=O) groups is 1. The minimum atomic E-state index is -4.59. The third-order valence-electron chi connectivity index (χ3n) is 7.19. The fourth-order valence-corrected chi connectivity index (χ4v) is 5.60. The van der Waals surface area contributed by atoms with Gasteiger partial charge in [-0.25, -0.2) is 13.2 Å². The van der Waals surface area contributed by atoms with Crippen molar-refractivity contribution >= 4 is 78.4 Å². The molecule has 0 saturated carbocycles. The molecule has 3 heterocycles. The summed E-state index contributed by atoms with van der Waals surface area (Å²) in [4.78, 5) is 42.3. The van der Waals surface area contributed by atoms with E-state index in [9.17, 15) is 22.6 Å². The third-order valence-corrected chi connectivity index (χ3v) is 8.02. The zero-order valence-corrected chi connectivity index (χ0v) is 23.7. The van der Waals surface area contributed by atoms with Crippen LogP contribution >= 0.6 is 0 Å². The minimum Gasteiger partial charge on any atom is -0.744 e. The Morgan fingerprint density at radius 3 is 2.20 bits per heavy atom. The van der Waals surface area contributed by atoms with Crippen LogP contribution in [0, 0.1) is 6.92 Å². The largest absolute Gasteiger partial charge is 0.744 e. The van der Waals surface area contributed by atoms with Crippen LogP contribution in [-0.4, -0.2) is 43.8 Å². The lowest BCUT2D eigenvalue weighted by Crippen LogP contribution is -2.08. The molecule has 14 nitrogen and oxygen atoms in total. The van der Waals surface area contributed by atoms with Crippen molar-refractivity contribution in [1.82, 2.24) is 24.9 Å². The van der Waals surface area contributed by atoms with Gasteiger partial charge in [-0.05, 0) is 83.4 Å². The maximum absolute atomic E-state index is 11.8. The zero-order valence-electron chi connectivity index (χ0n) is 22.8. The Morgan fingerprint density at radius 2 is 1.45 bits per heavy atom. The summed E-state index contributed by atoms with van der Waals surface area (Å²) >= 11 is 0. The maximum Gasteiger partial charge on any atom is 0.323 e. The summed E-state index contributed by atoms with van der Waals surface area (Å²) in [5, 5.41) is 13.7. The fraction of sp³-hybridized carbons (Fsp3) is 0.0690.